The zero-order valence-corrected chi connectivity index (χ0v) is 24.1. The van der Waals surface area contributed by atoms with Crippen LogP contribution in [0.2, 0.25) is 0 Å². The van der Waals surface area contributed by atoms with Crippen LogP contribution < -0.4 is 4.74 Å². The number of hydrogen-bond acceptors (Lipinski definition) is 8. The average molecular weight is 581 g/mol. The van der Waals surface area contributed by atoms with Crippen molar-refractivity contribution in [2.45, 2.75) is 50.4 Å². The van der Waals surface area contributed by atoms with Gasteiger partial charge in [-0.2, -0.15) is 5.21 Å². The number of aromatic amines is 1. The minimum Gasteiger partial charge on any atom is -0.439 e. The molecule has 11 nitrogen and oxygen atoms in total. The van der Waals surface area contributed by atoms with E-state index in [0.717, 1.165) is 76.2 Å². The number of ether oxygens (including phenoxy) is 2. The lowest BCUT2D eigenvalue weighted by atomic mass is 9.99. The van der Waals surface area contributed by atoms with Crippen molar-refractivity contribution in [2.24, 2.45) is 0 Å². The van der Waals surface area contributed by atoms with Crippen molar-refractivity contribution in [3.05, 3.63) is 84.1 Å². The van der Waals surface area contributed by atoms with Crippen LogP contribution >= 0.6 is 0 Å². The molecule has 2 amide bonds. The van der Waals surface area contributed by atoms with Gasteiger partial charge in [-0.25, -0.2) is 9.78 Å². The summed E-state index contributed by atoms with van der Waals surface area (Å²) in [5, 5.41) is 14.0. The van der Waals surface area contributed by atoms with Crippen LogP contribution in [0.3, 0.4) is 0 Å². The van der Waals surface area contributed by atoms with Gasteiger partial charge in [0.2, 0.25) is 11.7 Å². The monoisotopic (exact) mass is 580 g/mol. The van der Waals surface area contributed by atoms with E-state index < -0.39 is 0 Å². The van der Waals surface area contributed by atoms with Crippen molar-refractivity contribution in [1.82, 2.24) is 40.3 Å². The smallest absolute Gasteiger partial charge is 0.321 e. The number of urea groups is 1. The van der Waals surface area contributed by atoms with Gasteiger partial charge in [-0.1, -0.05) is 36.4 Å². The van der Waals surface area contributed by atoms with E-state index in [4.69, 9.17) is 9.47 Å². The van der Waals surface area contributed by atoms with Gasteiger partial charge in [0.05, 0.1) is 6.04 Å². The lowest BCUT2D eigenvalue weighted by Crippen LogP contribution is -2.48. The molecule has 5 heterocycles. The molecule has 0 unspecified atom stereocenters. The summed E-state index contributed by atoms with van der Waals surface area (Å²) in [6.07, 6.45) is 5.66. The van der Waals surface area contributed by atoms with Crippen molar-refractivity contribution in [3.63, 3.8) is 0 Å². The summed E-state index contributed by atoms with van der Waals surface area (Å²) in [6.45, 7) is 4.94. The van der Waals surface area contributed by atoms with Gasteiger partial charge in [0, 0.05) is 69.3 Å². The van der Waals surface area contributed by atoms with Crippen molar-refractivity contribution < 1.29 is 14.3 Å². The molecule has 2 aromatic heterocycles. The lowest BCUT2D eigenvalue weighted by Gasteiger charge is -2.39. The SMILES string of the molecule is O=C1N(C2CCOCC2)C[C@@H](c2ccccc2)N1C1CCN(Cc2ccc(Oc3ccc(-c4nn[nH]n4)cc3)nc2)CC1. The first kappa shape index (κ1) is 27.5. The molecule has 0 spiro atoms. The Morgan fingerprint density at radius 2 is 1.70 bits per heavy atom. The number of pyridine rings is 1. The number of nitrogens with zero attached hydrogens (tertiary/aromatic N) is 7. The van der Waals surface area contributed by atoms with E-state index in [1.54, 1.807) is 0 Å². The summed E-state index contributed by atoms with van der Waals surface area (Å²) in [7, 11) is 0. The molecule has 0 aliphatic carbocycles. The quantitative estimate of drug-likeness (QED) is 0.320. The van der Waals surface area contributed by atoms with Gasteiger partial charge >= 0.3 is 6.03 Å². The molecule has 7 rings (SSSR count). The molecular formula is C32H36N8O3. The highest BCUT2D eigenvalue weighted by Gasteiger charge is 2.45. The standard InChI is InChI=1S/C32H36N8O3/c41-32-39(26-14-18-42-19-15-26)22-29(24-4-2-1-3-5-24)40(32)27-12-16-38(17-13-27)21-23-6-11-30(33-20-23)43-28-9-7-25(8-10-28)31-34-36-37-35-31/h1-11,20,26-27,29H,12-19,21-22H2,(H,34,35,36,37)/t29-/m0/s1. The van der Waals surface area contributed by atoms with E-state index in [1.807, 2.05) is 42.6 Å². The van der Waals surface area contributed by atoms with Crippen LogP contribution in [-0.4, -0.2) is 91.3 Å². The third kappa shape index (κ3) is 6.09. The maximum Gasteiger partial charge on any atom is 0.321 e. The maximum absolute atomic E-state index is 13.9. The van der Waals surface area contributed by atoms with Crippen molar-refractivity contribution in [3.8, 4) is 23.0 Å². The summed E-state index contributed by atoms with van der Waals surface area (Å²) in [6, 6.07) is 22.8. The molecule has 1 atom stereocenters. The van der Waals surface area contributed by atoms with Crippen LogP contribution in [-0.2, 0) is 11.3 Å². The minimum atomic E-state index is 0.0972. The second-order valence-corrected chi connectivity index (χ2v) is 11.5. The third-order valence-electron chi connectivity index (χ3n) is 8.82. The number of nitrogens with one attached hydrogen (secondary N) is 1. The molecule has 222 valence electrons. The van der Waals surface area contributed by atoms with Crippen LogP contribution in [0, 0.1) is 0 Å². The second-order valence-electron chi connectivity index (χ2n) is 11.5. The van der Waals surface area contributed by atoms with Crippen LogP contribution in [0.15, 0.2) is 72.9 Å². The van der Waals surface area contributed by atoms with Crippen LogP contribution in [0.5, 0.6) is 11.6 Å². The number of tetrazole rings is 1. The van der Waals surface area contributed by atoms with Gasteiger partial charge in [-0.15, -0.1) is 10.2 Å². The Morgan fingerprint density at radius 1 is 0.907 bits per heavy atom. The Balaban J connectivity index is 0.953. The van der Waals surface area contributed by atoms with Crippen molar-refractivity contribution in [1.29, 1.82) is 0 Å². The molecule has 4 aromatic rings. The fraction of sp³-hybridized carbons (Fsp3) is 0.406. The Labute approximate surface area is 250 Å². The number of carbonyl (C=O) groups is 1. The number of hydrogen-bond donors (Lipinski definition) is 1. The first-order valence-corrected chi connectivity index (χ1v) is 15.1. The Bertz CT molecular complexity index is 1470. The molecular weight excluding hydrogens is 544 g/mol. The Hall–Kier alpha value is -4.35. The van der Waals surface area contributed by atoms with Gasteiger partial charge in [0.25, 0.3) is 0 Å². The fourth-order valence-electron chi connectivity index (χ4n) is 6.54. The molecule has 0 saturated carbocycles. The number of carbonyl (C=O) groups excluding carboxylic acids is 1. The molecule has 43 heavy (non-hydrogen) atoms. The second kappa shape index (κ2) is 12.5. The maximum atomic E-state index is 13.9. The zero-order valence-electron chi connectivity index (χ0n) is 24.1. The first-order valence-electron chi connectivity index (χ1n) is 15.1. The summed E-state index contributed by atoms with van der Waals surface area (Å²) < 4.78 is 11.5. The highest BCUT2D eigenvalue weighted by Crippen LogP contribution is 2.37. The van der Waals surface area contributed by atoms with Crippen LogP contribution in [0.4, 0.5) is 4.79 Å². The Morgan fingerprint density at radius 3 is 2.40 bits per heavy atom. The summed E-state index contributed by atoms with van der Waals surface area (Å²) >= 11 is 0. The molecule has 2 aromatic carbocycles. The summed E-state index contributed by atoms with van der Waals surface area (Å²) in [4.78, 5) is 25.2. The van der Waals surface area contributed by atoms with Crippen molar-refractivity contribution >= 4 is 6.03 Å². The van der Waals surface area contributed by atoms with E-state index in [9.17, 15) is 4.79 Å². The predicted octanol–water partition coefficient (Wildman–Crippen LogP) is 4.68. The topological polar surface area (TPSA) is 113 Å². The number of likely N-dealkylation sites (tertiary alicyclic amines) is 1. The largest absolute Gasteiger partial charge is 0.439 e. The highest BCUT2D eigenvalue weighted by atomic mass is 16.5. The molecule has 3 saturated heterocycles. The molecule has 3 aliphatic rings. The third-order valence-corrected chi connectivity index (χ3v) is 8.82. The van der Waals surface area contributed by atoms with E-state index in [0.29, 0.717) is 17.5 Å². The van der Waals surface area contributed by atoms with Gasteiger partial charge in [-0.05, 0) is 66.3 Å². The van der Waals surface area contributed by atoms with Crippen molar-refractivity contribution in [2.75, 3.05) is 32.8 Å². The normalized spacial score (nSPS) is 20.6. The number of H-pyrrole nitrogens is 1. The summed E-state index contributed by atoms with van der Waals surface area (Å²) in [5.41, 5.74) is 3.22. The van der Waals surface area contributed by atoms with E-state index >= 15 is 0 Å². The average Bonchev–Trinajstić information content (AvgIpc) is 3.72. The van der Waals surface area contributed by atoms with Gasteiger partial charge in [0.1, 0.15) is 5.75 Å². The van der Waals surface area contributed by atoms with E-state index in [2.05, 4.69) is 70.6 Å². The minimum absolute atomic E-state index is 0.0972. The van der Waals surface area contributed by atoms with E-state index in [1.165, 1.54) is 5.56 Å². The molecule has 1 N–H and O–H groups in total. The highest BCUT2D eigenvalue weighted by molar-refractivity contribution is 5.78. The van der Waals surface area contributed by atoms with Gasteiger partial charge < -0.3 is 19.3 Å². The zero-order chi connectivity index (χ0) is 29.0. The molecule has 3 fully saturated rings. The van der Waals surface area contributed by atoms with Crippen LogP contribution in [0.25, 0.3) is 11.4 Å². The number of rotatable bonds is 8. The fourth-order valence-corrected chi connectivity index (χ4v) is 6.54. The molecule has 0 radical (unpaired) electrons. The van der Waals surface area contributed by atoms with E-state index in [-0.39, 0.29) is 24.2 Å². The number of aromatic nitrogens is 5. The predicted molar refractivity (Wildman–Crippen MR) is 159 cm³/mol. The molecule has 3 aliphatic heterocycles. The number of benzene rings is 2. The molecule has 0 bridgehead atoms. The number of piperidine rings is 1. The van der Waals surface area contributed by atoms with Crippen LogP contribution in [0.1, 0.15) is 42.9 Å². The Kier molecular flexibility index (Phi) is 7.98. The first-order chi connectivity index (χ1) is 21.2. The molecule has 11 heteroatoms. The number of amides is 2. The van der Waals surface area contributed by atoms with Gasteiger partial charge in [0.15, 0.2) is 0 Å². The lowest BCUT2D eigenvalue weighted by molar-refractivity contribution is 0.0493. The summed E-state index contributed by atoms with van der Waals surface area (Å²) in [5.74, 6) is 1.77. The van der Waals surface area contributed by atoms with Gasteiger partial charge in [-0.3, -0.25) is 4.90 Å².